The van der Waals surface area contributed by atoms with Crippen molar-refractivity contribution >= 4 is 17.9 Å². The average molecular weight is 387 g/mol. The summed E-state index contributed by atoms with van der Waals surface area (Å²) >= 11 is 0. The Labute approximate surface area is 165 Å². The lowest BCUT2D eigenvalue weighted by atomic mass is 9.84. The Morgan fingerprint density at radius 1 is 1.18 bits per heavy atom. The van der Waals surface area contributed by atoms with Gasteiger partial charge in [-0.05, 0) is 30.7 Å². The van der Waals surface area contributed by atoms with E-state index in [9.17, 15) is 19.5 Å². The second-order valence-electron chi connectivity index (χ2n) is 7.83. The molecule has 3 rings (SSSR count). The van der Waals surface area contributed by atoms with Gasteiger partial charge in [-0.1, -0.05) is 43.2 Å². The minimum atomic E-state index is -0.922. The van der Waals surface area contributed by atoms with Gasteiger partial charge in [-0.25, -0.2) is 9.59 Å². The van der Waals surface area contributed by atoms with Crippen LogP contribution in [0.25, 0.3) is 0 Å². The average Bonchev–Trinajstić information content (AvgIpc) is 3.08. The molecule has 0 aromatic heterocycles. The van der Waals surface area contributed by atoms with Gasteiger partial charge in [0.25, 0.3) is 0 Å². The van der Waals surface area contributed by atoms with E-state index in [1.54, 1.807) is 16.8 Å². The van der Waals surface area contributed by atoms with Gasteiger partial charge >= 0.3 is 12.0 Å². The van der Waals surface area contributed by atoms with Crippen LogP contribution in [0.2, 0.25) is 0 Å². The molecule has 1 saturated carbocycles. The number of fused-ring (bicyclic) bond motifs is 1. The smallest absolute Gasteiger partial charge is 0.326 e. The number of likely N-dealkylation sites (tertiary alicyclic amines) is 1. The lowest BCUT2D eigenvalue weighted by Gasteiger charge is -2.33. The van der Waals surface area contributed by atoms with E-state index in [2.05, 4.69) is 5.32 Å². The summed E-state index contributed by atoms with van der Waals surface area (Å²) in [5.74, 6) is -0.799. The monoisotopic (exact) mass is 387 g/mol. The third kappa shape index (κ3) is 4.64. The van der Waals surface area contributed by atoms with Crippen molar-refractivity contribution in [2.75, 3.05) is 13.6 Å². The molecule has 1 saturated heterocycles. The van der Waals surface area contributed by atoms with Crippen LogP contribution in [0, 0.1) is 5.92 Å². The number of carbonyl (C=O) groups is 3. The van der Waals surface area contributed by atoms with E-state index in [4.69, 9.17) is 0 Å². The summed E-state index contributed by atoms with van der Waals surface area (Å²) in [7, 11) is 1.71. The van der Waals surface area contributed by atoms with Gasteiger partial charge in [-0.2, -0.15) is 0 Å². The van der Waals surface area contributed by atoms with Crippen molar-refractivity contribution in [3.63, 3.8) is 0 Å². The Morgan fingerprint density at radius 2 is 1.89 bits per heavy atom. The lowest BCUT2D eigenvalue weighted by molar-refractivity contribution is -0.149. The van der Waals surface area contributed by atoms with Crippen molar-refractivity contribution in [1.82, 2.24) is 15.1 Å². The first kappa shape index (κ1) is 20.2. The Bertz CT molecular complexity index is 709. The van der Waals surface area contributed by atoms with Crippen molar-refractivity contribution in [3.05, 3.63) is 35.9 Å². The van der Waals surface area contributed by atoms with Crippen LogP contribution in [0.15, 0.2) is 30.3 Å². The fraction of sp³-hybridized carbons (Fsp3) is 0.571. The molecule has 28 heavy (non-hydrogen) atoms. The second-order valence-corrected chi connectivity index (χ2v) is 7.83. The van der Waals surface area contributed by atoms with E-state index in [0.29, 0.717) is 18.9 Å². The molecule has 2 aliphatic rings. The topological polar surface area (TPSA) is 90.0 Å². The number of urea groups is 1. The summed E-state index contributed by atoms with van der Waals surface area (Å²) in [6.45, 7) is 0.689. The van der Waals surface area contributed by atoms with Gasteiger partial charge in [-0.15, -0.1) is 0 Å². The Kier molecular flexibility index (Phi) is 6.54. The molecular weight excluding hydrogens is 358 g/mol. The molecular formula is C21H29N3O4. The fourth-order valence-corrected chi connectivity index (χ4v) is 4.51. The highest BCUT2D eigenvalue weighted by atomic mass is 16.4. The molecule has 7 heteroatoms. The van der Waals surface area contributed by atoms with Crippen molar-refractivity contribution in [2.45, 2.75) is 57.2 Å². The van der Waals surface area contributed by atoms with Crippen molar-refractivity contribution < 1.29 is 19.5 Å². The highest BCUT2D eigenvalue weighted by Gasteiger charge is 2.47. The number of hydrogen-bond donors (Lipinski definition) is 2. The molecule has 1 aromatic carbocycles. The number of nitrogens with one attached hydrogen (secondary N) is 1. The number of aliphatic carboxylic acids is 1. The van der Waals surface area contributed by atoms with Crippen LogP contribution in [-0.2, 0) is 16.1 Å². The first-order valence-electron chi connectivity index (χ1n) is 10.0. The van der Waals surface area contributed by atoms with Gasteiger partial charge in [0.05, 0.1) is 0 Å². The van der Waals surface area contributed by atoms with Gasteiger partial charge in [0.1, 0.15) is 6.04 Å². The molecule has 1 heterocycles. The molecule has 3 amide bonds. The summed E-state index contributed by atoms with van der Waals surface area (Å²) in [6.07, 6.45) is 4.71. The van der Waals surface area contributed by atoms with E-state index in [0.717, 1.165) is 31.2 Å². The SMILES string of the molecule is CN(Cc1ccccc1)C(=O)NCCC(=O)N1C(C(=O)O)CC2CCCCC21. The predicted molar refractivity (Wildman–Crippen MR) is 105 cm³/mol. The van der Waals surface area contributed by atoms with E-state index in [-0.39, 0.29) is 30.9 Å². The van der Waals surface area contributed by atoms with E-state index in [1.165, 1.54) is 0 Å². The maximum Gasteiger partial charge on any atom is 0.326 e. The van der Waals surface area contributed by atoms with Crippen LogP contribution in [0.4, 0.5) is 4.79 Å². The highest BCUT2D eigenvalue weighted by Crippen LogP contribution is 2.40. The summed E-state index contributed by atoms with van der Waals surface area (Å²) in [4.78, 5) is 39.8. The largest absolute Gasteiger partial charge is 0.480 e. The molecule has 3 atom stereocenters. The van der Waals surface area contributed by atoms with Gasteiger partial charge in [0.15, 0.2) is 0 Å². The van der Waals surface area contributed by atoms with Crippen molar-refractivity contribution in [1.29, 1.82) is 0 Å². The van der Waals surface area contributed by atoms with Gasteiger partial charge in [0.2, 0.25) is 5.91 Å². The third-order valence-electron chi connectivity index (χ3n) is 5.89. The number of hydrogen-bond acceptors (Lipinski definition) is 3. The van der Waals surface area contributed by atoms with Crippen LogP contribution < -0.4 is 5.32 Å². The molecule has 0 bridgehead atoms. The van der Waals surface area contributed by atoms with Crippen LogP contribution in [-0.4, -0.2) is 58.5 Å². The number of amides is 3. The van der Waals surface area contributed by atoms with Crippen molar-refractivity contribution in [2.24, 2.45) is 5.92 Å². The zero-order valence-corrected chi connectivity index (χ0v) is 16.3. The quantitative estimate of drug-likeness (QED) is 0.785. The minimum absolute atomic E-state index is 0.0406. The second kappa shape index (κ2) is 9.08. The summed E-state index contributed by atoms with van der Waals surface area (Å²) < 4.78 is 0. The zero-order chi connectivity index (χ0) is 20.1. The fourth-order valence-electron chi connectivity index (χ4n) is 4.51. The first-order valence-corrected chi connectivity index (χ1v) is 10.0. The van der Waals surface area contributed by atoms with Crippen LogP contribution in [0.5, 0.6) is 0 Å². The molecule has 2 N–H and O–H groups in total. The number of benzene rings is 1. The number of carboxylic acid groups (broad SMARTS) is 1. The maximum absolute atomic E-state index is 12.8. The summed E-state index contributed by atoms with van der Waals surface area (Å²) in [6, 6.07) is 8.75. The zero-order valence-electron chi connectivity index (χ0n) is 16.3. The molecule has 1 aliphatic carbocycles. The lowest BCUT2D eigenvalue weighted by Crippen LogP contribution is -2.47. The molecule has 0 spiro atoms. The maximum atomic E-state index is 12.8. The third-order valence-corrected chi connectivity index (χ3v) is 5.89. The molecule has 2 fully saturated rings. The molecule has 1 aliphatic heterocycles. The molecule has 0 radical (unpaired) electrons. The van der Waals surface area contributed by atoms with Crippen LogP contribution in [0.3, 0.4) is 0 Å². The molecule has 1 aromatic rings. The molecule has 7 nitrogen and oxygen atoms in total. The van der Waals surface area contributed by atoms with E-state index >= 15 is 0 Å². The summed E-state index contributed by atoms with van der Waals surface area (Å²) in [5.41, 5.74) is 1.03. The van der Waals surface area contributed by atoms with Crippen molar-refractivity contribution in [3.8, 4) is 0 Å². The predicted octanol–water partition coefficient (Wildman–Crippen LogP) is 2.46. The normalized spacial score (nSPS) is 23.8. The van der Waals surface area contributed by atoms with Gasteiger partial charge in [0, 0.05) is 32.6 Å². The van der Waals surface area contributed by atoms with E-state index in [1.807, 2.05) is 30.3 Å². The van der Waals surface area contributed by atoms with Crippen LogP contribution in [0.1, 0.15) is 44.1 Å². The molecule has 3 unspecified atom stereocenters. The number of carboxylic acids is 1. The van der Waals surface area contributed by atoms with Gasteiger partial charge < -0.3 is 20.2 Å². The highest BCUT2D eigenvalue weighted by molar-refractivity contribution is 5.85. The number of carbonyl (C=O) groups excluding carboxylic acids is 2. The van der Waals surface area contributed by atoms with Gasteiger partial charge in [-0.3, -0.25) is 4.79 Å². The minimum Gasteiger partial charge on any atom is -0.480 e. The van der Waals surface area contributed by atoms with E-state index < -0.39 is 12.0 Å². The number of rotatable bonds is 6. The Hall–Kier alpha value is -2.57. The van der Waals surface area contributed by atoms with Crippen LogP contribution >= 0.6 is 0 Å². The Balaban J connectivity index is 1.50. The molecule has 152 valence electrons. The number of nitrogens with zero attached hydrogens (tertiary/aromatic N) is 2. The standard InChI is InChI=1S/C21H29N3O4/c1-23(14-15-7-3-2-4-8-15)21(28)22-12-11-19(25)24-17-10-6-5-9-16(17)13-18(24)20(26)27/h2-4,7-8,16-18H,5-6,9-14H2,1H3,(H,22,28)(H,26,27). The summed E-state index contributed by atoms with van der Waals surface area (Å²) in [5, 5.41) is 12.3. The Morgan fingerprint density at radius 3 is 2.61 bits per heavy atom. The first-order chi connectivity index (χ1) is 13.5.